The van der Waals surface area contributed by atoms with Crippen molar-refractivity contribution in [2.75, 3.05) is 25.1 Å². The third-order valence-corrected chi connectivity index (χ3v) is 5.29. The number of hydrogen-bond acceptors (Lipinski definition) is 7. The van der Waals surface area contributed by atoms with Crippen LogP contribution >= 0.6 is 0 Å². The molecule has 0 bridgehead atoms. The lowest BCUT2D eigenvalue weighted by atomic mass is 9.93. The molecule has 0 spiro atoms. The van der Waals surface area contributed by atoms with Crippen LogP contribution in [0.3, 0.4) is 0 Å². The van der Waals surface area contributed by atoms with Crippen LogP contribution in [0.15, 0.2) is 36.9 Å². The summed E-state index contributed by atoms with van der Waals surface area (Å²) in [6.07, 6.45) is 7.02. The molecule has 1 aliphatic heterocycles. The van der Waals surface area contributed by atoms with Crippen molar-refractivity contribution in [2.45, 2.75) is 18.8 Å². The molecule has 1 aliphatic rings. The highest BCUT2D eigenvalue weighted by Crippen LogP contribution is 2.40. The highest BCUT2D eigenvalue weighted by atomic mass is 16.5. The Morgan fingerprint density at radius 2 is 1.96 bits per heavy atom. The topological polar surface area (TPSA) is 92.8 Å². The molecule has 1 saturated heterocycles. The first kappa shape index (κ1) is 17.9. The van der Waals surface area contributed by atoms with Gasteiger partial charge in [-0.1, -0.05) is 0 Å². The van der Waals surface area contributed by atoms with E-state index < -0.39 is 0 Å². The van der Waals surface area contributed by atoms with Gasteiger partial charge in [0.15, 0.2) is 0 Å². The molecule has 3 heterocycles. The molecular formula is C20H21N7O. The summed E-state index contributed by atoms with van der Waals surface area (Å²) >= 11 is 0. The average molecular weight is 375 g/mol. The third kappa shape index (κ3) is 3.16. The van der Waals surface area contributed by atoms with Gasteiger partial charge in [-0.15, -0.1) is 10.2 Å². The Balaban J connectivity index is 1.71. The second-order valence-corrected chi connectivity index (χ2v) is 6.84. The molecular weight excluding hydrogens is 354 g/mol. The van der Waals surface area contributed by atoms with Crippen molar-refractivity contribution in [3.05, 3.63) is 48.3 Å². The van der Waals surface area contributed by atoms with Crippen LogP contribution in [0.5, 0.6) is 5.75 Å². The summed E-state index contributed by atoms with van der Waals surface area (Å²) in [5.41, 5.74) is 3.34. The minimum atomic E-state index is 0.367. The van der Waals surface area contributed by atoms with E-state index in [1.54, 1.807) is 25.8 Å². The van der Waals surface area contributed by atoms with Crippen LogP contribution in [0, 0.1) is 11.3 Å². The number of nitriles is 1. The largest absolute Gasteiger partial charge is 0.495 e. The molecule has 0 aliphatic carbocycles. The number of benzene rings is 1. The lowest BCUT2D eigenvalue weighted by Gasteiger charge is -2.35. The zero-order valence-corrected chi connectivity index (χ0v) is 15.9. The minimum Gasteiger partial charge on any atom is -0.495 e. The number of piperidine rings is 1. The van der Waals surface area contributed by atoms with Crippen LogP contribution < -0.4 is 9.64 Å². The molecule has 8 heteroatoms. The van der Waals surface area contributed by atoms with Crippen molar-refractivity contribution in [1.29, 1.82) is 5.26 Å². The quantitative estimate of drug-likeness (QED) is 0.692. The summed E-state index contributed by atoms with van der Waals surface area (Å²) in [6, 6.07) is 8.07. The fourth-order valence-electron chi connectivity index (χ4n) is 3.89. The maximum atomic E-state index is 9.86. The zero-order valence-electron chi connectivity index (χ0n) is 15.9. The number of ether oxygens (including phenoxy) is 1. The Morgan fingerprint density at radius 3 is 2.57 bits per heavy atom. The van der Waals surface area contributed by atoms with E-state index in [1.807, 2.05) is 29.8 Å². The van der Waals surface area contributed by atoms with E-state index in [2.05, 4.69) is 31.4 Å². The molecule has 1 aromatic carbocycles. The molecule has 142 valence electrons. The minimum absolute atomic E-state index is 0.367. The zero-order chi connectivity index (χ0) is 19.5. The molecule has 0 unspecified atom stereocenters. The van der Waals surface area contributed by atoms with Gasteiger partial charge in [0.25, 0.3) is 0 Å². The van der Waals surface area contributed by atoms with Gasteiger partial charge in [0.05, 0.1) is 25.2 Å². The Morgan fingerprint density at radius 1 is 1.14 bits per heavy atom. The van der Waals surface area contributed by atoms with E-state index in [0.29, 0.717) is 17.2 Å². The lowest BCUT2D eigenvalue weighted by Crippen LogP contribution is -2.34. The van der Waals surface area contributed by atoms with Crippen molar-refractivity contribution >= 4 is 5.69 Å². The Hall–Kier alpha value is -3.47. The second kappa shape index (κ2) is 7.64. The van der Waals surface area contributed by atoms with E-state index in [-0.39, 0.29) is 0 Å². The maximum Gasteiger partial charge on any atom is 0.138 e. The third-order valence-electron chi connectivity index (χ3n) is 5.29. The van der Waals surface area contributed by atoms with Crippen LogP contribution in [-0.4, -0.2) is 45.2 Å². The molecule has 0 saturated carbocycles. The standard InChI is InChI=1S/C20H21N7O/c1-26-13-24-25-20(26)14-6-9-27(10-7-14)19-16(15-5-8-22-23-12-15)3-4-18(28-2)17(19)11-21/h3-5,8,12-14H,6-7,9-10H2,1-2H3. The molecule has 4 rings (SSSR count). The Bertz CT molecular complexity index is 1000. The van der Waals surface area contributed by atoms with Gasteiger partial charge in [-0.3, -0.25) is 0 Å². The summed E-state index contributed by atoms with van der Waals surface area (Å²) in [7, 11) is 3.57. The summed E-state index contributed by atoms with van der Waals surface area (Å²) in [4.78, 5) is 2.27. The first-order chi connectivity index (χ1) is 13.7. The lowest BCUT2D eigenvalue weighted by molar-refractivity contribution is 0.413. The van der Waals surface area contributed by atoms with E-state index in [1.165, 1.54) is 0 Å². The molecule has 0 amide bonds. The summed E-state index contributed by atoms with van der Waals surface area (Å²) < 4.78 is 7.44. The highest BCUT2D eigenvalue weighted by molar-refractivity contribution is 5.84. The van der Waals surface area contributed by atoms with Gasteiger partial charge >= 0.3 is 0 Å². The van der Waals surface area contributed by atoms with Gasteiger partial charge in [0, 0.05) is 37.2 Å². The number of hydrogen-bond donors (Lipinski definition) is 0. The molecule has 2 aromatic heterocycles. The molecule has 28 heavy (non-hydrogen) atoms. The monoisotopic (exact) mass is 375 g/mol. The average Bonchev–Trinajstić information content (AvgIpc) is 3.19. The van der Waals surface area contributed by atoms with Gasteiger partial charge in [-0.05, 0) is 31.0 Å². The van der Waals surface area contributed by atoms with E-state index in [9.17, 15) is 5.26 Å². The van der Waals surface area contributed by atoms with Crippen LogP contribution in [-0.2, 0) is 7.05 Å². The number of rotatable bonds is 4. The Labute approximate surface area is 163 Å². The van der Waals surface area contributed by atoms with Crippen molar-refractivity contribution in [2.24, 2.45) is 7.05 Å². The number of methoxy groups -OCH3 is 1. The summed E-state index contributed by atoms with van der Waals surface area (Å²) in [5.74, 6) is 1.97. The predicted octanol–water partition coefficient (Wildman–Crippen LogP) is 2.54. The van der Waals surface area contributed by atoms with Crippen LogP contribution in [0.4, 0.5) is 5.69 Å². The van der Waals surface area contributed by atoms with Gasteiger partial charge < -0.3 is 14.2 Å². The van der Waals surface area contributed by atoms with Gasteiger partial charge in [-0.2, -0.15) is 15.5 Å². The highest BCUT2D eigenvalue weighted by Gasteiger charge is 2.28. The summed E-state index contributed by atoms with van der Waals surface area (Å²) in [6.45, 7) is 1.65. The van der Waals surface area contributed by atoms with Gasteiger partial charge in [-0.25, -0.2) is 0 Å². The smallest absolute Gasteiger partial charge is 0.138 e. The number of aromatic nitrogens is 5. The van der Waals surface area contributed by atoms with Crippen LogP contribution in [0.1, 0.15) is 30.1 Å². The van der Waals surface area contributed by atoms with Crippen molar-refractivity contribution < 1.29 is 4.74 Å². The molecule has 0 radical (unpaired) electrons. The predicted molar refractivity (Wildman–Crippen MR) is 104 cm³/mol. The molecule has 3 aromatic rings. The van der Waals surface area contributed by atoms with Crippen LogP contribution in [0.25, 0.3) is 11.1 Å². The van der Waals surface area contributed by atoms with Gasteiger partial charge in [0.1, 0.15) is 29.5 Å². The van der Waals surface area contributed by atoms with Crippen molar-refractivity contribution in [3.8, 4) is 22.9 Å². The second-order valence-electron chi connectivity index (χ2n) is 6.84. The molecule has 0 N–H and O–H groups in total. The van der Waals surface area contributed by atoms with Crippen molar-refractivity contribution in [3.63, 3.8) is 0 Å². The molecule has 8 nitrogen and oxygen atoms in total. The number of nitrogens with zero attached hydrogens (tertiary/aromatic N) is 7. The van der Waals surface area contributed by atoms with Gasteiger partial charge in [0.2, 0.25) is 0 Å². The number of aryl methyl sites for hydroxylation is 1. The fraction of sp³-hybridized carbons (Fsp3) is 0.350. The SMILES string of the molecule is COc1ccc(-c2ccnnc2)c(N2CCC(c3nncn3C)CC2)c1C#N. The van der Waals surface area contributed by atoms with E-state index in [0.717, 1.165) is 48.6 Å². The Kier molecular flexibility index (Phi) is 4.89. The van der Waals surface area contributed by atoms with Crippen LogP contribution in [0.2, 0.25) is 0 Å². The molecule has 0 atom stereocenters. The van der Waals surface area contributed by atoms with Crippen molar-refractivity contribution in [1.82, 2.24) is 25.0 Å². The maximum absolute atomic E-state index is 9.86. The fourth-order valence-corrected chi connectivity index (χ4v) is 3.89. The first-order valence-corrected chi connectivity index (χ1v) is 9.20. The summed E-state index contributed by atoms with van der Waals surface area (Å²) in [5, 5.41) is 26.0. The normalized spacial score (nSPS) is 14.7. The molecule has 1 fully saturated rings. The first-order valence-electron chi connectivity index (χ1n) is 9.20. The van der Waals surface area contributed by atoms with E-state index >= 15 is 0 Å². The number of anilines is 1. The van der Waals surface area contributed by atoms with E-state index in [4.69, 9.17) is 4.74 Å².